The molecular weight excluding hydrogens is 292 g/mol. The fourth-order valence-electron chi connectivity index (χ4n) is 3.32. The van der Waals surface area contributed by atoms with E-state index in [2.05, 4.69) is 4.98 Å². The van der Waals surface area contributed by atoms with Crippen molar-refractivity contribution in [3.05, 3.63) is 29.5 Å². The number of carboxylic acid groups (broad SMARTS) is 1. The van der Waals surface area contributed by atoms with Gasteiger partial charge in [0.1, 0.15) is 11.3 Å². The Labute approximate surface area is 135 Å². The van der Waals surface area contributed by atoms with E-state index in [1.807, 2.05) is 25.1 Å². The predicted octanol–water partition coefficient (Wildman–Crippen LogP) is 3.79. The number of carbonyl (C=O) groups is 1. The van der Waals surface area contributed by atoms with Gasteiger partial charge in [0.05, 0.1) is 28.4 Å². The molecule has 122 valence electrons. The number of anilines is 1. The minimum atomic E-state index is -1.04. The van der Waals surface area contributed by atoms with Crippen molar-refractivity contribution in [3.8, 4) is 5.75 Å². The van der Waals surface area contributed by atoms with Crippen LogP contribution in [0.4, 0.5) is 5.69 Å². The molecule has 3 rings (SSSR count). The highest BCUT2D eigenvalue weighted by Gasteiger charge is 2.22. The molecule has 1 heterocycles. The van der Waals surface area contributed by atoms with Gasteiger partial charge in [0.25, 0.3) is 0 Å². The Balaban J connectivity index is 2.11. The third-order valence-electron chi connectivity index (χ3n) is 4.48. The molecule has 1 aliphatic carbocycles. The fraction of sp³-hybridized carbons (Fsp3) is 0.444. The highest BCUT2D eigenvalue weighted by Crippen LogP contribution is 2.35. The van der Waals surface area contributed by atoms with Crippen LogP contribution in [0.3, 0.4) is 0 Å². The van der Waals surface area contributed by atoms with Gasteiger partial charge < -0.3 is 15.6 Å². The van der Waals surface area contributed by atoms with Crippen molar-refractivity contribution in [1.82, 2.24) is 4.98 Å². The molecule has 0 saturated heterocycles. The highest BCUT2D eigenvalue weighted by atomic mass is 16.5. The first-order chi connectivity index (χ1) is 11.1. The molecule has 0 radical (unpaired) electrons. The summed E-state index contributed by atoms with van der Waals surface area (Å²) in [5.74, 6) is -0.397. The number of hydrogen-bond acceptors (Lipinski definition) is 4. The Morgan fingerprint density at radius 2 is 2.09 bits per heavy atom. The van der Waals surface area contributed by atoms with Crippen LogP contribution in [0.2, 0.25) is 0 Å². The molecular formula is C18H22N2O3. The summed E-state index contributed by atoms with van der Waals surface area (Å²) >= 11 is 0. The SMILES string of the molecule is CCc1nc2cccc(OC3CCCCC3)c2c(N)c1C(=O)O. The molecule has 0 amide bonds. The van der Waals surface area contributed by atoms with Gasteiger partial charge in [-0.15, -0.1) is 0 Å². The molecule has 0 aliphatic heterocycles. The van der Waals surface area contributed by atoms with E-state index in [1.54, 1.807) is 0 Å². The molecule has 1 aromatic carbocycles. The Hall–Kier alpha value is -2.30. The number of pyridine rings is 1. The number of benzene rings is 1. The van der Waals surface area contributed by atoms with Crippen molar-refractivity contribution in [3.63, 3.8) is 0 Å². The molecule has 0 spiro atoms. The van der Waals surface area contributed by atoms with Gasteiger partial charge in [-0.2, -0.15) is 0 Å². The lowest BCUT2D eigenvalue weighted by atomic mass is 9.97. The van der Waals surface area contributed by atoms with Gasteiger partial charge in [-0.05, 0) is 44.2 Å². The summed E-state index contributed by atoms with van der Waals surface area (Å²) in [5.41, 5.74) is 7.76. The van der Waals surface area contributed by atoms with Gasteiger partial charge in [0.2, 0.25) is 0 Å². The van der Waals surface area contributed by atoms with Crippen molar-refractivity contribution in [2.45, 2.75) is 51.6 Å². The maximum absolute atomic E-state index is 11.6. The van der Waals surface area contributed by atoms with E-state index in [4.69, 9.17) is 10.5 Å². The zero-order chi connectivity index (χ0) is 16.4. The van der Waals surface area contributed by atoms with Crippen LogP contribution < -0.4 is 10.5 Å². The van der Waals surface area contributed by atoms with Crippen LogP contribution in [-0.4, -0.2) is 22.2 Å². The Bertz CT molecular complexity index is 737. The van der Waals surface area contributed by atoms with Gasteiger partial charge in [-0.25, -0.2) is 4.79 Å². The molecule has 1 aromatic heterocycles. The Morgan fingerprint density at radius 1 is 1.35 bits per heavy atom. The third kappa shape index (κ3) is 2.96. The molecule has 0 atom stereocenters. The van der Waals surface area contributed by atoms with Crippen LogP contribution in [0.25, 0.3) is 10.9 Å². The van der Waals surface area contributed by atoms with Gasteiger partial charge in [0, 0.05) is 0 Å². The molecule has 1 saturated carbocycles. The van der Waals surface area contributed by atoms with E-state index in [0.29, 0.717) is 28.8 Å². The van der Waals surface area contributed by atoms with Crippen LogP contribution in [-0.2, 0) is 6.42 Å². The van der Waals surface area contributed by atoms with Crippen LogP contribution in [0.1, 0.15) is 55.1 Å². The van der Waals surface area contributed by atoms with E-state index >= 15 is 0 Å². The summed E-state index contributed by atoms with van der Waals surface area (Å²) < 4.78 is 6.14. The van der Waals surface area contributed by atoms with E-state index in [9.17, 15) is 9.90 Å². The van der Waals surface area contributed by atoms with E-state index in [-0.39, 0.29) is 17.4 Å². The summed E-state index contributed by atoms with van der Waals surface area (Å²) in [6, 6.07) is 5.59. The van der Waals surface area contributed by atoms with Crippen molar-refractivity contribution in [2.75, 3.05) is 5.73 Å². The van der Waals surface area contributed by atoms with Crippen molar-refractivity contribution in [2.24, 2.45) is 0 Å². The van der Waals surface area contributed by atoms with Crippen LogP contribution in [0, 0.1) is 0 Å². The normalized spacial score (nSPS) is 15.7. The second-order valence-corrected chi connectivity index (χ2v) is 6.03. The van der Waals surface area contributed by atoms with Crippen molar-refractivity contribution >= 4 is 22.6 Å². The van der Waals surface area contributed by atoms with E-state index in [0.717, 1.165) is 12.8 Å². The largest absolute Gasteiger partial charge is 0.490 e. The summed E-state index contributed by atoms with van der Waals surface area (Å²) in [4.78, 5) is 16.1. The number of aromatic carboxylic acids is 1. The van der Waals surface area contributed by atoms with Gasteiger partial charge >= 0.3 is 5.97 Å². The van der Waals surface area contributed by atoms with E-state index < -0.39 is 5.97 Å². The van der Waals surface area contributed by atoms with Crippen molar-refractivity contribution in [1.29, 1.82) is 0 Å². The molecule has 3 N–H and O–H groups in total. The lowest BCUT2D eigenvalue weighted by molar-refractivity contribution is 0.0696. The third-order valence-corrected chi connectivity index (χ3v) is 4.48. The van der Waals surface area contributed by atoms with Gasteiger partial charge in [-0.3, -0.25) is 4.98 Å². The minimum absolute atomic E-state index is 0.0969. The molecule has 1 fully saturated rings. The average Bonchev–Trinajstić information content (AvgIpc) is 2.55. The van der Waals surface area contributed by atoms with Crippen LogP contribution in [0.5, 0.6) is 5.75 Å². The number of ether oxygens (including phenoxy) is 1. The van der Waals surface area contributed by atoms with Gasteiger partial charge in [0.15, 0.2) is 0 Å². The lowest BCUT2D eigenvalue weighted by Gasteiger charge is -2.24. The second-order valence-electron chi connectivity index (χ2n) is 6.03. The average molecular weight is 314 g/mol. The summed E-state index contributed by atoms with van der Waals surface area (Å²) in [5, 5.41) is 10.1. The lowest BCUT2D eigenvalue weighted by Crippen LogP contribution is -2.20. The standard InChI is InChI=1S/C18H22N2O3/c1-2-12-16(18(21)22)17(19)15-13(20-12)9-6-10-14(15)23-11-7-4-3-5-8-11/h6,9-11H,2-5,7-8H2,1H3,(H2,19,20)(H,21,22). The van der Waals surface area contributed by atoms with Crippen molar-refractivity contribution < 1.29 is 14.6 Å². The first-order valence-corrected chi connectivity index (χ1v) is 8.22. The molecule has 5 nitrogen and oxygen atoms in total. The monoisotopic (exact) mass is 314 g/mol. The Morgan fingerprint density at radius 3 is 2.74 bits per heavy atom. The molecule has 2 aromatic rings. The highest BCUT2D eigenvalue weighted by molar-refractivity contribution is 6.06. The molecule has 0 unspecified atom stereocenters. The summed E-state index contributed by atoms with van der Waals surface area (Å²) in [6.45, 7) is 1.88. The Kier molecular flexibility index (Phi) is 4.37. The molecule has 1 aliphatic rings. The molecule has 23 heavy (non-hydrogen) atoms. The summed E-state index contributed by atoms with van der Waals surface area (Å²) in [7, 11) is 0. The first-order valence-electron chi connectivity index (χ1n) is 8.22. The number of aromatic nitrogens is 1. The first kappa shape index (κ1) is 15.6. The number of nitrogens with zero attached hydrogens (tertiary/aromatic N) is 1. The number of hydrogen-bond donors (Lipinski definition) is 2. The zero-order valence-electron chi connectivity index (χ0n) is 13.3. The quantitative estimate of drug-likeness (QED) is 0.896. The molecule has 0 bridgehead atoms. The second kappa shape index (κ2) is 6.44. The van der Waals surface area contributed by atoms with Gasteiger partial charge in [-0.1, -0.05) is 19.4 Å². The van der Waals surface area contributed by atoms with Crippen LogP contribution >= 0.6 is 0 Å². The number of nitrogen functional groups attached to an aromatic ring is 1. The smallest absolute Gasteiger partial charge is 0.339 e. The number of aryl methyl sites for hydroxylation is 1. The predicted molar refractivity (Wildman–Crippen MR) is 90.0 cm³/mol. The number of fused-ring (bicyclic) bond motifs is 1. The maximum Gasteiger partial charge on any atom is 0.339 e. The summed E-state index contributed by atoms with van der Waals surface area (Å²) in [6.07, 6.45) is 6.35. The number of carboxylic acids is 1. The van der Waals surface area contributed by atoms with E-state index in [1.165, 1.54) is 19.3 Å². The number of rotatable bonds is 4. The minimum Gasteiger partial charge on any atom is -0.490 e. The molecule has 5 heteroatoms. The fourth-order valence-corrected chi connectivity index (χ4v) is 3.32. The van der Waals surface area contributed by atoms with Crippen LogP contribution in [0.15, 0.2) is 18.2 Å². The number of nitrogens with two attached hydrogens (primary N) is 1. The zero-order valence-corrected chi connectivity index (χ0v) is 13.3. The maximum atomic E-state index is 11.6. The topological polar surface area (TPSA) is 85.4 Å².